The molecule has 0 radical (unpaired) electrons. The van der Waals surface area contributed by atoms with Gasteiger partial charge in [0.2, 0.25) is 0 Å². The van der Waals surface area contributed by atoms with Crippen LogP contribution in [0.4, 0.5) is 4.39 Å². The largest absolute Gasteiger partial charge is 0.284 e. The van der Waals surface area contributed by atoms with Gasteiger partial charge in [0, 0.05) is 6.54 Å². The summed E-state index contributed by atoms with van der Waals surface area (Å²) in [5.74, 6) is -0.195. The monoisotopic (exact) mass is 218 g/mol. The summed E-state index contributed by atoms with van der Waals surface area (Å²) in [6.45, 7) is 3.63. The van der Waals surface area contributed by atoms with Gasteiger partial charge in [-0.15, -0.1) is 0 Å². The molecule has 0 N–H and O–H groups in total. The Morgan fingerprint density at radius 2 is 2.38 bits per heavy atom. The minimum absolute atomic E-state index is 0.0319. The first kappa shape index (κ1) is 11.1. The smallest absolute Gasteiger partial charge is 0.123 e. The van der Waals surface area contributed by atoms with Gasteiger partial charge in [0.25, 0.3) is 0 Å². The lowest BCUT2D eigenvalue weighted by molar-refractivity contribution is 0.286. The first-order valence-electron chi connectivity index (χ1n) is 5.59. The van der Waals surface area contributed by atoms with Crippen molar-refractivity contribution in [1.29, 1.82) is 5.26 Å². The zero-order chi connectivity index (χ0) is 11.5. The zero-order valence-electron chi connectivity index (χ0n) is 9.41. The van der Waals surface area contributed by atoms with Crippen molar-refractivity contribution in [2.24, 2.45) is 0 Å². The molecule has 1 atom stereocenters. The van der Waals surface area contributed by atoms with E-state index in [4.69, 9.17) is 5.26 Å². The lowest BCUT2D eigenvalue weighted by atomic mass is 10.1. The van der Waals surface area contributed by atoms with E-state index < -0.39 is 0 Å². The molecule has 3 heteroatoms. The Morgan fingerprint density at radius 1 is 1.56 bits per heavy atom. The predicted molar refractivity (Wildman–Crippen MR) is 60.2 cm³/mol. The van der Waals surface area contributed by atoms with Gasteiger partial charge >= 0.3 is 0 Å². The van der Waals surface area contributed by atoms with E-state index in [2.05, 4.69) is 11.0 Å². The SMILES string of the molecule is Cc1cc(F)ccc1CN1CCCC1C#N. The Balaban J connectivity index is 2.12. The van der Waals surface area contributed by atoms with Crippen LogP contribution in [0.1, 0.15) is 24.0 Å². The van der Waals surface area contributed by atoms with Gasteiger partial charge in [-0.2, -0.15) is 5.26 Å². The molecule has 0 saturated carbocycles. The van der Waals surface area contributed by atoms with E-state index in [-0.39, 0.29) is 11.9 Å². The molecule has 16 heavy (non-hydrogen) atoms. The van der Waals surface area contributed by atoms with E-state index in [9.17, 15) is 4.39 Å². The Bertz CT molecular complexity index is 422. The molecule has 0 aliphatic carbocycles. The third-order valence-corrected chi connectivity index (χ3v) is 3.19. The standard InChI is InChI=1S/C13H15FN2/c1-10-7-12(14)5-4-11(10)9-16-6-2-3-13(16)8-15/h4-5,7,13H,2-3,6,9H2,1H3. The second kappa shape index (κ2) is 4.63. The number of halogens is 1. The summed E-state index contributed by atoms with van der Waals surface area (Å²) in [7, 11) is 0. The maximum absolute atomic E-state index is 12.9. The van der Waals surface area contributed by atoms with Crippen molar-refractivity contribution in [2.45, 2.75) is 32.4 Å². The van der Waals surface area contributed by atoms with E-state index in [0.29, 0.717) is 0 Å². The van der Waals surface area contributed by atoms with Gasteiger partial charge in [0.15, 0.2) is 0 Å². The second-order valence-electron chi connectivity index (χ2n) is 4.33. The Kier molecular flexibility index (Phi) is 3.21. The van der Waals surface area contributed by atoms with Crippen molar-refractivity contribution in [3.8, 4) is 6.07 Å². The van der Waals surface area contributed by atoms with Gasteiger partial charge in [0.1, 0.15) is 5.82 Å². The number of likely N-dealkylation sites (tertiary alicyclic amines) is 1. The molecule has 1 aromatic rings. The minimum atomic E-state index is -0.195. The van der Waals surface area contributed by atoms with Crippen molar-refractivity contribution in [1.82, 2.24) is 4.90 Å². The second-order valence-corrected chi connectivity index (χ2v) is 4.33. The Morgan fingerprint density at radius 3 is 3.06 bits per heavy atom. The van der Waals surface area contributed by atoms with Crippen LogP contribution in [0.15, 0.2) is 18.2 Å². The van der Waals surface area contributed by atoms with Crippen LogP contribution in [0.5, 0.6) is 0 Å². The molecule has 1 aliphatic heterocycles. The Labute approximate surface area is 95.3 Å². The van der Waals surface area contributed by atoms with Crippen molar-refractivity contribution in [3.05, 3.63) is 35.1 Å². The summed E-state index contributed by atoms with van der Waals surface area (Å²) in [5, 5.41) is 8.98. The van der Waals surface area contributed by atoms with Crippen molar-refractivity contribution < 1.29 is 4.39 Å². The molecule has 1 fully saturated rings. The van der Waals surface area contributed by atoms with Crippen LogP contribution in [0.3, 0.4) is 0 Å². The number of hydrogen-bond donors (Lipinski definition) is 0. The van der Waals surface area contributed by atoms with Crippen LogP contribution in [-0.2, 0) is 6.54 Å². The minimum Gasteiger partial charge on any atom is -0.284 e. The molecule has 0 aromatic heterocycles. The number of nitriles is 1. The maximum atomic E-state index is 12.9. The van der Waals surface area contributed by atoms with Gasteiger partial charge in [-0.3, -0.25) is 4.90 Å². The molecule has 0 amide bonds. The van der Waals surface area contributed by atoms with Crippen LogP contribution in [0, 0.1) is 24.1 Å². The fourth-order valence-electron chi connectivity index (χ4n) is 2.22. The number of aryl methyl sites for hydroxylation is 1. The summed E-state index contributed by atoms with van der Waals surface area (Å²) in [4.78, 5) is 2.17. The lowest BCUT2D eigenvalue weighted by Gasteiger charge is -2.20. The summed E-state index contributed by atoms with van der Waals surface area (Å²) in [6.07, 6.45) is 2.04. The highest BCUT2D eigenvalue weighted by Crippen LogP contribution is 2.21. The first-order chi connectivity index (χ1) is 7.70. The number of hydrogen-bond acceptors (Lipinski definition) is 2. The average molecular weight is 218 g/mol. The third-order valence-electron chi connectivity index (χ3n) is 3.19. The zero-order valence-corrected chi connectivity index (χ0v) is 9.41. The fourth-order valence-corrected chi connectivity index (χ4v) is 2.22. The third kappa shape index (κ3) is 2.23. The number of nitrogens with zero attached hydrogens (tertiary/aromatic N) is 2. The summed E-state index contributed by atoms with van der Waals surface area (Å²) in [6, 6.07) is 7.20. The normalized spacial score (nSPS) is 20.9. The predicted octanol–water partition coefficient (Wildman–Crippen LogP) is 2.62. The molecule has 0 bridgehead atoms. The van der Waals surface area contributed by atoms with Crippen molar-refractivity contribution in [2.75, 3.05) is 6.54 Å². The van der Waals surface area contributed by atoms with E-state index in [1.807, 2.05) is 13.0 Å². The summed E-state index contributed by atoms with van der Waals surface area (Å²) in [5.41, 5.74) is 2.08. The van der Waals surface area contributed by atoms with Crippen LogP contribution in [-0.4, -0.2) is 17.5 Å². The molecular formula is C13H15FN2. The highest BCUT2D eigenvalue weighted by Gasteiger charge is 2.24. The summed E-state index contributed by atoms with van der Waals surface area (Å²) >= 11 is 0. The number of benzene rings is 1. The van der Waals surface area contributed by atoms with Crippen molar-refractivity contribution >= 4 is 0 Å². The van der Waals surface area contributed by atoms with Gasteiger partial charge in [-0.25, -0.2) is 4.39 Å². The van der Waals surface area contributed by atoms with Gasteiger partial charge in [0.05, 0.1) is 12.1 Å². The van der Waals surface area contributed by atoms with E-state index in [1.54, 1.807) is 6.07 Å². The average Bonchev–Trinajstić information content (AvgIpc) is 2.69. The molecule has 84 valence electrons. The van der Waals surface area contributed by atoms with Crippen LogP contribution in [0.25, 0.3) is 0 Å². The topological polar surface area (TPSA) is 27.0 Å². The highest BCUT2D eigenvalue weighted by molar-refractivity contribution is 5.26. The molecule has 1 heterocycles. The Hall–Kier alpha value is -1.40. The van der Waals surface area contributed by atoms with E-state index >= 15 is 0 Å². The van der Waals surface area contributed by atoms with Gasteiger partial charge < -0.3 is 0 Å². The van der Waals surface area contributed by atoms with Crippen LogP contribution in [0.2, 0.25) is 0 Å². The first-order valence-corrected chi connectivity index (χ1v) is 5.59. The molecule has 1 unspecified atom stereocenters. The van der Waals surface area contributed by atoms with Crippen LogP contribution >= 0.6 is 0 Å². The fraction of sp³-hybridized carbons (Fsp3) is 0.462. The number of rotatable bonds is 2. The molecule has 1 saturated heterocycles. The van der Waals surface area contributed by atoms with Crippen LogP contribution < -0.4 is 0 Å². The molecular weight excluding hydrogens is 203 g/mol. The molecule has 0 spiro atoms. The van der Waals surface area contributed by atoms with E-state index in [1.165, 1.54) is 6.07 Å². The summed E-state index contributed by atoms with van der Waals surface area (Å²) < 4.78 is 12.9. The molecule has 2 nitrogen and oxygen atoms in total. The van der Waals surface area contributed by atoms with Gasteiger partial charge in [-0.1, -0.05) is 6.07 Å². The van der Waals surface area contributed by atoms with Gasteiger partial charge in [-0.05, 0) is 49.6 Å². The lowest BCUT2D eigenvalue weighted by Crippen LogP contribution is -2.27. The molecule has 1 aromatic carbocycles. The maximum Gasteiger partial charge on any atom is 0.123 e. The van der Waals surface area contributed by atoms with Crippen molar-refractivity contribution in [3.63, 3.8) is 0 Å². The molecule has 2 rings (SSSR count). The molecule has 1 aliphatic rings. The quantitative estimate of drug-likeness (QED) is 0.763. The highest BCUT2D eigenvalue weighted by atomic mass is 19.1. The van der Waals surface area contributed by atoms with E-state index in [0.717, 1.165) is 37.1 Å².